The summed E-state index contributed by atoms with van der Waals surface area (Å²) in [6.07, 6.45) is 1.81. The van der Waals surface area contributed by atoms with Crippen LogP contribution in [0.5, 0.6) is 0 Å². The summed E-state index contributed by atoms with van der Waals surface area (Å²) in [6, 6.07) is 32.8. The Morgan fingerprint density at radius 1 is 0.579 bits per heavy atom. The minimum Gasteiger partial charge on any atom is -0.326 e. The molecule has 2 amide bonds. The quantitative estimate of drug-likeness (QED) is 0.277. The maximum atomic E-state index is 12.8. The molecule has 4 heteroatoms. The topological polar surface area (TPSA) is 58.2 Å². The van der Waals surface area contributed by atoms with Gasteiger partial charge in [-0.05, 0) is 96.2 Å². The SMILES string of the molecule is Cc1cc(-c2ccc(NC(=O)[C@@H]3C[C@@H]3c3ccccc3)c(C)c2)ccc1NC(=O)[C@H]1C[C@H]1c1ccccc1. The molecule has 0 heterocycles. The van der Waals surface area contributed by atoms with Crippen molar-refractivity contribution in [2.45, 2.75) is 38.5 Å². The van der Waals surface area contributed by atoms with Gasteiger partial charge in [-0.3, -0.25) is 9.59 Å². The summed E-state index contributed by atoms with van der Waals surface area (Å²) in [5.74, 6) is 0.913. The molecular weight excluding hydrogens is 468 g/mol. The van der Waals surface area contributed by atoms with Crippen molar-refractivity contribution in [2.75, 3.05) is 10.6 Å². The molecule has 0 aromatic heterocycles. The van der Waals surface area contributed by atoms with Gasteiger partial charge < -0.3 is 10.6 Å². The molecule has 0 radical (unpaired) electrons. The molecule has 0 unspecified atom stereocenters. The number of hydrogen-bond acceptors (Lipinski definition) is 2. The van der Waals surface area contributed by atoms with Crippen LogP contribution in [0.15, 0.2) is 97.1 Å². The van der Waals surface area contributed by atoms with E-state index in [-0.39, 0.29) is 23.7 Å². The minimum absolute atomic E-state index is 0.0421. The molecule has 2 N–H and O–H groups in total. The van der Waals surface area contributed by atoms with Gasteiger partial charge in [-0.15, -0.1) is 0 Å². The molecule has 4 atom stereocenters. The average Bonchev–Trinajstić information content (AvgIpc) is 3.86. The Morgan fingerprint density at radius 3 is 1.34 bits per heavy atom. The minimum atomic E-state index is 0.0421. The fraction of sp³-hybridized carbons (Fsp3) is 0.235. The largest absolute Gasteiger partial charge is 0.326 e. The Kier molecular flexibility index (Phi) is 6.32. The van der Waals surface area contributed by atoms with Crippen LogP contribution in [0, 0.1) is 25.7 Å². The number of rotatable bonds is 7. The highest BCUT2D eigenvalue weighted by atomic mass is 16.2. The fourth-order valence-electron chi connectivity index (χ4n) is 5.52. The van der Waals surface area contributed by atoms with E-state index in [1.165, 1.54) is 11.1 Å². The van der Waals surface area contributed by atoms with Crippen molar-refractivity contribution >= 4 is 23.2 Å². The van der Waals surface area contributed by atoms with E-state index in [2.05, 4.69) is 47.0 Å². The molecule has 38 heavy (non-hydrogen) atoms. The van der Waals surface area contributed by atoms with Crippen molar-refractivity contribution in [2.24, 2.45) is 11.8 Å². The Bertz CT molecular complexity index is 1380. The van der Waals surface area contributed by atoms with E-state index >= 15 is 0 Å². The zero-order valence-electron chi connectivity index (χ0n) is 21.8. The van der Waals surface area contributed by atoms with E-state index in [1.807, 2.05) is 74.5 Å². The summed E-state index contributed by atoms with van der Waals surface area (Å²) in [7, 11) is 0. The lowest BCUT2D eigenvalue weighted by molar-refractivity contribution is -0.118. The van der Waals surface area contributed by atoms with E-state index in [0.717, 1.165) is 46.5 Å². The second kappa shape index (κ2) is 9.94. The third-order valence-corrected chi connectivity index (χ3v) is 8.01. The zero-order valence-corrected chi connectivity index (χ0v) is 21.8. The number of hydrogen-bond donors (Lipinski definition) is 2. The summed E-state index contributed by atoms with van der Waals surface area (Å²) in [4.78, 5) is 25.7. The van der Waals surface area contributed by atoms with Crippen LogP contribution in [-0.4, -0.2) is 11.8 Å². The Labute approximate surface area is 224 Å². The molecule has 0 bridgehead atoms. The number of anilines is 2. The van der Waals surface area contributed by atoms with Crippen LogP contribution in [0.2, 0.25) is 0 Å². The predicted octanol–water partition coefficient (Wildman–Crippen LogP) is 7.45. The number of carbonyl (C=O) groups excluding carboxylic acids is 2. The molecule has 4 nitrogen and oxygen atoms in total. The lowest BCUT2D eigenvalue weighted by atomic mass is 9.99. The van der Waals surface area contributed by atoms with Gasteiger partial charge in [0.15, 0.2) is 0 Å². The summed E-state index contributed by atoms with van der Waals surface area (Å²) in [5, 5.41) is 6.28. The van der Waals surface area contributed by atoms with E-state index in [0.29, 0.717) is 11.8 Å². The van der Waals surface area contributed by atoms with Crippen molar-refractivity contribution in [1.82, 2.24) is 0 Å². The van der Waals surface area contributed by atoms with Crippen LogP contribution >= 0.6 is 0 Å². The van der Waals surface area contributed by atoms with Gasteiger partial charge in [-0.25, -0.2) is 0 Å². The van der Waals surface area contributed by atoms with E-state index in [9.17, 15) is 9.59 Å². The van der Waals surface area contributed by atoms with Crippen LogP contribution < -0.4 is 10.6 Å². The first kappa shape index (κ1) is 24.2. The Hall–Kier alpha value is -4.18. The summed E-state index contributed by atoms with van der Waals surface area (Å²) >= 11 is 0. The van der Waals surface area contributed by atoms with Crippen molar-refractivity contribution < 1.29 is 9.59 Å². The smallest absolute Gasteiger partial charge is 0.228 e. The van der Waals surface area contributed by atoms with Gasteiger partial charge in [0.2, 0.25) is 11.8 Å². The highest BCUT2D eigenvalue weighted by Gasteiger charge is 2.44. The summed E-state index contributed by atoms with van der Waals surface area (Å²) in [5.41, 5.74) is 8.42. The van der Waals surface area contributed by atoms with Crippen LogP contribution in [0.25, 0.3) is 11.1 Å². The van der Waals surface area contributed by atoms with E-state index < -0.39 is 0 Å². The molecule has 6 rings (SSSR count). The first-order valence-electron chi connectivity index (χ1n) is 13.4. The third kappa shape index (κ3) is 4.99. The molecule has 0 spiro atoms. The molecule has 2 fully saturated rings. The molecule has 2 aliphatic carbocycles. The Morgan fingerprint density at radius 2 is 0.974 bits per heavy atom. The van der Waals surface area contributed by atoms with Gasteiger partial charge in [0.05, 0.1) is 0 Å². The molecule has 2 aliphatic rings. The van der Waals surface area contributed by atoms with Crippen molar-refractivity contribution in [3.63, 3.8) is 0 Å². The first-order chi connectivity index (χ1) is 18.5. The maximum Gasteiger partial charge on any atom is 0.228 e. The van der Waals surface area contributed by atoms with Gasteiger partial charge in [-0.1, -0.05) is 72.8 Å². The summed E-state index contributed by atoms with van der Waals surface area (Å²) < 4.78 is 0. The number of benzene rings is 4. The van der Waals surface area contributed by atoms with Gasteiger partial charge in [-0.2, -0.15) is 0 Å². The lowest BCUT2D eigenvalue weighted by Crippen LogP contribution is -2.15. The molecule has 4 aromatic carbocycles. The second-order valence-corrected chi connectivity index (χ2v) is 10.8. The molecule has 4 aromatic rings. The van der Waals surface area contributed by atoms with Crippen molar-refractivity contribution in [1.29, 1.82) is 0 Å². The highest BCUT2D eigenvalue weighted by Crippen LogP contribution is 2.49. The van der Waals surface area contributed by atoms with Crippen molar-refractivity contribution in [3.05, 3.63) is 119 Å². The highest BCUT2D eigenvalue weighted by molar-refractivity contribution is 5.97. The normalized spacial score (nSPS) is 21.4. The molecular formula is C34H32N2O2. The number of nitrogens with one attached hydrogen (secondary N) is 2. The number of aryl methyl sites for hydroxylation is 2. The van der Waals surface area contributed by atoms with E-state index in [1.54, 1.807) is 0 Å². The van der Waals surface area contributed by atoms with Crippen LogP contribution in [0.1, 0.15) is 46.9 Å². The number of carbonyl (C=O) groups is 2. The van der Waals surface area contributed by atoms with Gasteiger partial charge in [0.1, 0.15) is 0 Å². The summed E-state index contributed by atoms with van der Waals surface area (Å²) in [6.45, 7) is 4.06. The standard InChI is InChI=1S/C34H32N2O2/c1-21-17-25(13-15-31(21)35-33(37)29-19-27(29)23-9-5-3-6-10-23)26-14-16-32(22(2)18-26)36-34(38)30-20-28(30)24-11-7-4-8-12-24/h3-18,27-30H,19-20H2,1-2H3,(H,35,37)(H,36,38)/t27-,28+,29-,30+. The van der Waals surface area contributed by atoms with Crippen molar-refractivity contribution in [3.8, 4) is 11.1 Å². The number of amides is 2. The first-order valence-corrected chi connectivity index (χ1v) is 13.4. The van der Waals surface area contributed by atoms with Gasteiger partial charge in [0.25, 0.3) is 0 Å². The monoisotopic (exact) mass is 500 g/mol. The third-order valence-electron chi connectivity index (χ3n) is 8.01. The van der Waals surface area contributed by atoms with Crippen LogP contribution in [0.4, 0.5) is 11.4 Å². The Balaban J connectivity index is 1.08. The molecule has 2 saturated carbocycles. The fourth-order valence-corrected chi connectivity index (χ4v) is 5.52. The second-order valence-electron chi connectivity index (χ2n) is 10.8. The van der Waals surface area contributed by atoms with Gasteiger partial charge >= 0.3 is 0 Å². The molecule has 0 saturated heterocycles. The molecule has 0 aliphatic heterocycles. The average molecular weight is 501 g/mol. The van der Waals surface area contributed by atoms with Gasteiger partial charge in [0, 0.05) is 23.2 Å². The zero-order chi connectivity index (χ0) is 26.2. The predicted molar refractivity (Wildman–Crippen MR) is 153 cm³/mol. The lowest BCUT2D eigenvalue weighted by Gasteiger charge is -2.13. The maximum absolute atomic E-state index is 12.8. The van der Waals surface area contributed by atoms with E-state index in [4.69, 9.17) is 0 Å². The van der Waals surface area contributed by atoms with Crippen LogP contribution in [0.3, 0.4) is 0 Å². The van der Waals surface area contributed by atoms with Crippen LogP contribution in [-0.2, 0) is 9.59 Å². The molecule has 190 valence electrons.